The number of nitrogens with zero attached hydrogens (tertiary/aromatic N) is 3. The number of anilines is 1. The van der Waals surface area contributed by atoms with Crippen LogP contribution in [0.2, 0.25) is 5.02 Å². The maximum atomic E-state index is 13.7. The molecule has 3 aromatic carbocycles. The Kier molecular flexibility index (Phi) is 15.7. The third-order valence-corrected chi connectivity index (χ3v) is 13.5. The Hall–Kier alpha value is -5.03. The summed E-state index contributed by atoms with van der Waals surface area (Å²) in [6.45, 7) is 8.67. The molecule has 3 aliphatic heterocycles. The van der Waals surface area contributed by atoms with Gasteiger partial charge in [0.25, 0.3) is 0 Å². The molecule has 6 rings (SSSR count). The zero-order chi connectivity index (χ0) is 44.7. The van der Waals surface area contributed by atoms with Crippen LogP contribution in [0.5, 0.6) is 0 Å². The number of amides is 2. The highest BCUT2D eigenvalue weighted by Crippen LogP contribution is 2.47. The molecule has 332 valence electrons. The fraction of sp³-hybridized carbons (Fsp3) is 0.520. The van der Waals surface area contributed by atoms with Gasteiger partial charge in [0.1, 0.15) is 0 Å². The number of Topliss-reactive ketones (excluding diaryl/α,β-unsaturated/α-hetero) is 2. The van der Waals surface area contributed by atoms with Gasteiger partial charge in [0, 0.05) is 36.6 Å². The van der Waals surface area contributed by atoms with E-state index in [1.165, 1.54) is 14.2 Å². The summed E-state index contributed by atoms with van der Waals surface area (Å²) >= 11 is 6.35. The quantitative estimate of drug-likeness (QED) is 0.123. The summed E-state index contributed by atoms with van der Waals surface area (Å²) in [5, 5.41) is 0.653. The van der Waals surface area contributed by atoms with Gasteiger partial charge in [-0.3, -0.25) is 28.8 Å². The highest BCUT2D eigenvalue weighted by Gasteiger charge is 2.41. The number of carbonyl (C=O) groups excluding carboxylic acids is 6. The second-order valence-electron chi connectivity index (χ2n) is 17.9. The number of benzene rings is 3. The van der Waals surface area contributed by atoms with Gasteiger partial charge < -0.3 is 24.2 Å². The maximum Gasteiger partial charge on any atom is 0.306 e. The summed E-state index contributed by atoms with van der Waals surface area (Å²) in [4.78, 5) is 84.7. The van der Waals surface area contributed by atoms with Crippen molar-refractivity contribution in [2.45, 2.75) is 116 Å². The van der Waals surface area contributed by atoms with Crippen LogP contribution in [-0.4, -0.2) is 84.5 Å². The molecule has 12 heteroatoms. The Labute approximate surface area is 371 Å². The third-order valence-electron chi connectivity index (χ3n) is 13.3. The Morgan fingerprint density at radius 2 is 0.968 bits per heavy atom. The zero-order valence-electron chi connectivity index (χ0n) is 37.0. The monoisotopic (exact) mass is 867 g/mol. The largest absolute Gasteiger partial charge is 0.469 e. The van der Waals surface area contributed by atoms with Gasteiger partial charge >= 0.3 is 11.9 Å². The minimum atomic E-state index is -0.535. The molecule has 0 aromatic heterocycles. The summed E-state index contributed by atoms with van der Waals surface area (Å²) in [7, 11) is 2.64. The average molecular weight is 869 g/mol. The van der Waals surface area contributed by atoms with Crippen molar-refractivity contribution in [1.29, 1.82) is 0 Å². The molecule has 0 radical (unpaired) electrons. The van der Waals surface area contributed by atoms with Gasteiger partial charge in [-0.1, -0.05) is 87.8 Å². The number of ether oxygens (including phenoxy) is 2. The molecule has 0 N–H and O–H groups in total. The fourth-order valence-electron chi connectivity index (χ4n) is 9.69. The predicted octanol–water partition coefficient (Wildman–Crippen LogP) is 8.30. The molecule has 3 heterocycles. The van der Waals surface area contributed by atoms with Gasteiger partial charge in [-0.15, -0.1) is 0 Å². The van der Waals surface area contributed by atoms with Crippen LogP contribution in [0.15, 0.2) is 72.8 Å². The maximum absolute atomic E-state index is 13.7. The van der Waals surface area contributed by atoms with Crippen molar-refractivity contribution in [3.8, 4) is 0 Å². The molecule has 0 spiro atoms. The first kappa shape index (κ1) is 46.5. The summed E-state index contributed by atoms with van der Waals surface area (Å²) in [5.74, 6) is -2.37. The number of hydrogen-bond acceptors (Lipinski definition) is 9. The highest BCUT2D eigenvalue weighted by molar-refractivity contribution is 6.30. The fourth-order valence-corrected chi connectivity index (χ4v) is 9.82. The minimum absolute atomic E-state index is 0.00153. The smallest absolute Gasteiger partial charge is 0.306 e. The van der Waals surface area contributed by atoms with E-state index in [0.29, 0.717) is 31.0 Å². The Bertz CT molecular complexity index is 1940. The molecule has 3 saturated heterocycles. The number of methoxy groups -OCH3 is 2. The van der Waals surface area contributed by atoms with Gasteiger partial charge in [-0.05, 0) is 96.9 Å². The van der Waals surface area contributed by atoms with Crippen LogP contribution >= 0.6 is 11.6 Å². The van der Waals surface area contributed by atoms with Crippen molar-refractivity contribution in [3.05, 3.63) is 100 Å². The number of halogens is 1. The second-order valence-corrected chi connectivity index (χ2v) is 18.3. The summed E-state index contributed by atoms with van der Waals surface area (Å²) in [6, 6.07) is 23.5. The van der Waals surface area contributed by atoms with Crippen LogP contribution < -0.4 is 4.90 Å². The van der Waals surface area contributed by atoms with Crippen LogP contribution in [0.3, 0.4) is 0 Å². The lowest BCUT2D eigenvalue weighted by Gasteiger charge is -2.33. The van der Waals surface area contributed by atoms with Crippen LogP contribution in [0.25, 0.3) is 0 Å². The van der Waals surface area contributed by atoms with E-state index in [0.717, 1.165) is 53.6 Å². The van der Waals surface area contributed by atoms with Crippen molar-refractivity contribution >= 4 is 52.6 Å². The second kappa shape index (κ2) is 20.9. The number of carbonyl (C=O) groups is 6. The lowest BCUT2D eigenvalue weighted by molar-refractivity contribution is -0.149. The molecule has 2 amide bonds. The topological polar surface area (TPSA) is 131 Å². The number of rotatable bonds is 17. The van der Waals surface area contributed by atoms with E-state index < -0.39 is 35.9 Å². The molecular formula is C50H62ClN3O8. The van der Waals surface area contributed by atoms with Gasteiger partial charge in [-0.25, -0.2) is 0 Å². The number of hydrogen-bond donors (Lipinski definition) is 0. The van der Waals surface area contributed by atoms with Gasteiger partial charge in [0.15, 0.2) is 11.6 Å². The number of ketones is 2. The molecule has 6 atom stereocenters. The molecule has 3 aromatic rings. The van der Waals surface area contributed by atoms with Gasteiger partial charge in [0.2, 0.25) is 11.8 Å². The number of esters is 2. The SMILES string of the molecule is COC(=O)C[C@H](C(=O)N1CCC[C@H]1C(=O)Cc1ccc([C@@H]2CC[C@@H](c3ccc(CC(=O)[C@@H]4CCCN4C(=O)[C@@H](CC(=O)OC)C(C)C)cc3)N2c2ccc(Cl)cc2)cc1)C(C)C. The third kappa shape index (κ3) is 10.8. The van der Waals surface area contributed by atoms with Gasteiger partial charge in [0.05, 0.1) is 63.1 Å². The van der Waals surface area contributed by atoms with Crippen LogP contribution in [0.1, 0.15) is 113 Å². The van der Waals surface area contributed by atoms with E-state index in [2.05, 4.69) is 29.2 Å². The van der Waals surface area contributed by atoms with E-state index in [4.69, 9.17) is 21.1 Å². The summed E-state index contributed by atoms with van der Waals surface area (Å²) < 4.78 is 9.71. The van der Waals surface area contributed by atoms with Crippen molar-refractivity contribution in [3.63, 3.8) is 0 Å². The van der Waals surface area contributed by atoms with Crippen molar-refractivity contribution in [2.75, 3.05) is 32.2 Å². The molecule has 0 bridgehead atoms. The lowest BCUT2D eigenvalue weighted by Crippen LogP contribution is -2.45. The number of likely N-dealkylation sites (tertiary alicyclic amines) is 2. The summed E-state index contributed by atoms with van der Waals surface area (Å²) in [6.07, 6.45) is 4.93. The van der Waals surface area contributed by atoms with E-state index in [1.807, 2.05) is 76.2 Å². The van der Waals surface area contributed by atoms with Crippen molar-refractivity contribution in [2.24, 2.45) is 23.7 Å². The Balaban J connectivity index is 1.13. The van der Waals surface area contributed by atoms with Crippen molar-refractivity contribution in [1.82, 2.24) is 9.80 Å². The normalized spacial score (nSPS) is 21.0. The Morgan fingerprint density at radius 1 is 0.581 bits per heavy atom. The molecule has 3 fully saturated rings. The first-order valence-corrected chi connectivity index (χ1v) is 22.6. The first-order chi connectivity index (χ1) is 29.7. The van der Waals surface area contributed by atoms with E-state index in [1.54, 1.807) is 9.80 Å². The predicted molar refractivity (Wildman–Crippen MR) is 238 cm³/mol. The molecule has 11 nitrogen and oxygen atoms in total. The van der Waals surface area contributed by atoms with E-state index in [9.17, 15) is 28.8 Å². The molecule has 0 unspecified atom stereocenters. The molecule has 62 heavy (non-hydrogen) atoms. The minimum Gasteiger partial charge on any atom is -0.469 e. The molecule has 3 aliphatic rings. The van der Waals surface area contributed by atoms with Crippen LogP contribution in [0, 0.1) is 23.7 Å². The average Bonchev–Trinajstić information content (AvgIpc) is 4.06. The Morgan fingerprint density at radius 3 is 1.32 bits per heavy atom. The van der Waals surface area contributed by atoms with Crippen molar-refractivity contribution < 1.29 is 38.2 Å². The molecule has 0 aliphatic carbocycles. The van der Waals surface area contributed by atoms with E-state index >= 15 is 0 Å². The van der Waals surface area contributed by atoms with Crippen LogP contribution in [-0.2, 0) is 51.1 Å². The first-order valence-electron chi connectivity index (χ1n) is 22.2. The summed E-state index contributed by atoms with van der Waals surface area (Å²) in [5.41, 5.74) is 5.07. The van der Waals surface area contributed by atoms with E-state index in [-0.39, 0.29) is 73.0 Å². The molecular weight excluding hydrogens is 806 g/mol. The van der Waals surface area contributed by atoms with Crippen LogP contribution in [0.4, 0.5) is 5.69 Å². The van der Waals surface area contributed by atoms with Gasteiger partial charge in [-0.2, -0.15) is 0 Å². The molecule has 0 saturated carbocycles. The standard InChI is InChI=1S/C50H62ClN3O8/c1-31(2)39(29-47(57)61-5)49(59)52-25-7-9-43(52)45(55)27-33-11-15-35(16-12-33)41-23-24-42(54(41)38-21-19-37(51)20-22-38)36-17-13-34(14-18-36)28-46(56)44-10-8-26-53(44)50(60)40(32(3)4)30-48(58)62-6/h11-22,31-32,39-44H,7-10,23-30H2,1-6H3/t39-,40-,41-,42-,43-,44-/m0/s1. The lowest BCUT2D eigenvalue weighted by atomic mass is 9.90. The zero-order valence-corrected chi connectivity index (χ0v) is 37.8. The highest BCUT2D eigenvalue weighted by atomic mass is 35.5.